The number of rotatable bonds is 9. The van der Waals surface area contributed by atoms with Crippen molar-refractivity contribution in [1.29, 1.82) is 0 Å². The predicted molar refractivity (Wildman–Crippen MR) is 92.6 cm³/mol. The van der Waals surface area contributed by atoms with Gasteiger partial charge in [0.05, 0.1) is 7.11 Å². The van der Waals surface area contributed by atoms with E-state index in [1.165, 1.54) is 0 Å². The Morgan fingerprint density at radius 1 is 0.792 bits per heavy atom. The molecule has 0 amide bonds. The molecule has 0 radical (unpaired) electrons. The van der Waals surface area contributed by atoms with Gasteiger partial charge in [-0.15, -0.1) is 0 Å². The molecule has 0 aliphatic carbocycles. The monoisotopic (exact) mass is 330 g/mol. The van der Waals surface area contributed by atoms with Crippen molar-refractivity contribution in [3.05, 3.63) is 60.2 Å². The van der Waals surface area contributed by atoms with E-state index in [0.717, 1.165) is 16.7 Å². The summed E-state index contributed by atoms with van der Waals surface area (Å²) >= 11 is 0. The summed E-state index contributed by atoms with van der Waals surface area (Å²) in [5.41, 5.74) is 2.41. The average molecular weight is 330 g/mol. The molecule has 0 N–H and O–H groups in total. The summed E-state index contributed by atoms with van der Waals surface area (Å²) in [5, 5.41) is 0. The van der Waals surface area contributed by atoms with Crippen LogP contribution in [0.1, 0.15) is 11.1 Å². The molecule has 0 saturated heterocycles. The lowest BCUT2D eigenvalue weighted by atomic mass is 9.97. The number of hydrogen-bond acceptors (Lipinski definition) is 5. The van der Waals surface area contributed by atoms with E-state index in [9.17, 15) is 0 Å². The predicted octanol–water partition coefficient (Wildman–Crippen LogP) is 3.72. The second-order valence-corrected chi connectivity index (χ2v) is 4.91. The van der Waals surface area contributed by atoms with Crippen LogP contribution in [0.2, 0.25) is 0 Å². The third-order valence-electron chi connectivity index (χ3n) is 3.39. The van der Waals surface area contributed by atoms with Gasteiger partial charge < -0.3 is 23.7 Å². The molecule has 128 valence electrons. The van der Waals surface area contributed by atoms with Crippen LogP contribution in [0.15, 0.2) is 49.0 Å². The Kier molecular flexibility index (Phi) is 6.66. The molecule has 5 heteroatoms. The Bertz CT molecular complexity index is 681. The van der Waals surface area contributed by atoms with Crippen LogP contribution in [0.3, 0.4) is 0 Å². The molecular weight excluding hydrogens is 308 g/mol. The number of ether oxygens (including phenoxy) is 5. The molecule has 0 aromatic heterocycles. The van der Waals surface area contributed by atoms with E-state index >= 15 is 0 Å². The molecule has 0 unspecified atom stereocenters. The van der Waals surface area contributed by atoms with Gasteiger partial charge in [0.25, 0.3) is 0 Å². The largest absolute Gasteiger partial charge is 0.493 e. The molecular formula is C19H22O5. The maximum atomic E-state index is 5.70. The lowest BCUT2D eigenvalue weighted by Gasteiger charge is -2.18. The molecule has 24 heavy (non-hydrogen) atoms. The van der Waals surface area contributed by atoms with Gasteiger partial charge in [-0.25, -0.2) is 0 Å². The summed E-state index contributed by atoms with van der Waals surface area (Å²) < 4.78 is 26.7. The van der Waals surface area contributed by atoms with Crippen molar-refractivity contribution in [3.8, 4) is 17.2 Å². The maximum Gasteiger partial charge on any atom is 0.188 e. The van der Waals surface area contributed by atoms with Crippen molar-refractivity contribution in [1.82, 2.24) is 0 Å². The smallest absolute Gasteiger partial charge is 0.188 e. The minimum atomic E-state index is 0.114. The first-order valence-electron chi connectivity index (χ1n) is 7.42. The molecule has 2 rings (SSSR count). The normalized spacial score (nSPS) is 10.3. The van der Waals surface area contributed by atoms with Crippen LogP contribution in [-0.4, -0.2) is 34.9 Å². The van der Waals surface area contributed by atoms with Gasteiger partial charge in [-0.3, -0.25) is 0 Å². The zero-order valence-electron chi connectivity index (χ0n) is 14.2. The number of methoxy groups -OCH3 is 3. The Morgan fingerprint density at radius 2 is 1.42 bits per heavy atom. The Balaban J connectivity index is 2.43. The second kappa shape index (κ2) is 8.96. The average Bonchev–Trinajstić information content (AvgIpc) is 2.64. The van der Waals surface area contributed by atoms with Gasteiger partial charge in [-0.05, 0) is 17.7 Å². The summed E-state index contributed by atoms with van der Waals surface area (Å²) in [7, 11) is 4.74. The summed E-state index contributed by atoms with van der Waals surface area (Å²) in [4.78, 5) is 0. The molecule has 0 aliphatic heterocycles. The van der Waals surface area contributed by atoms with Crippen molar-refractivity contribution in [2.24, 2.45) is 0 Å². The first-order valence-corrected chi connectivity index (χ1v) is 7.42. The Labute approximate surface area is 142 Å². The van der Waals surface area contributed by atoms with E-state index in [-0.39, 0.29) is 13.6 Å². The first-order chi connectivity index (χ1) is 11.7. The summed E-state index contributed by atoms with van der Waals surface area (Å²) in [5.74, 6) is 1.87. The third-order valence-corrected chi connectivity index (χ3v) is 3.39. The zero-order valence-corrected chi connectivity index (χ0v) is 14.2. The number of para-hydroxylation sites is 2. The van der Waals surface area contributed by atoms with Crippen molar-refractivity contribution in [2.75, 3.05) is 34.9 Å². The molecule has 0 bridgehead atoms. The molecule has 0 saturated carbocycles. The standard InChI is InChI=1S/C19H22O5/c1-14(15-8-5-6-10-17(15)23-12-20-2)16-9-7-11-18(22-4)19(16)24-13-21-3/h5-11H,1,12-13H2,2-4H3. The fourth-order valence-corrected chi connectivity index (χ4v) is 2.29. The molecule has 0 atom stereocenters. The third kappa shape index (κ3) is 4.07. The van der Waals surface area contributed by atoms with Crippen LogP contribution in [0, 0.1) is 0 Å². The number of hydrogen-bond donors (Lipinski definition) is 0. The topological polar surface area (TPSA) is 46.2 Å². The fourth-order valence-electron chi connectivity index (χ4n) is 2.29. The van der Waals surface area contributed by atoms with Gasteiger partial charge in [0.1, 0.15) is 5.75 Å². The van der Waals surface area contributed by atoms with E-state index in [1.54, 1.807) is 21.3 Å². The highest BCUT2D eigenvalue weighted by Gasteiger charge is 2.17. The molecule has 0 aliphatic rings. The van der Waals surface area contributed by atoms with E-state index in [4.69, 9.17) is 23.7 Å². The van der Waals surface area contributed by atoms with Crippen molar-refractivity contribution in [2.45, 2.75) is 0 Å². The van der Waals surface area contributed by atoms with Gasteiger partial charge in [-0.2, -0.15) is 0 Å². The van der Waals surface area contributed by atoms with Crippen molar-refractivity contribution >= 4 is 5.57 Å². The Morgan fingerprint density at radius 3 is 2.12 bits per heavy atom. The highest BCUT2D eigenvalue weighted by atomic mass is 16.7. The van der Waals surface area contributed by atoms with Gasteiger partial charge in [0.2, 0.25) is 0 Å². The van der Waals surface area contributed by atoms with Crippen LogP contribution in [0.5, 0.6) is 17.2 Å². The van der Waals surface area contributed by atoms with E-state index < -0.39 is 0 Å². The summed E-state index contributed by atoms with van der Waals surface area (Å²) in [6.07, 6.45) is 0. The molecule has 5 nitrogen and oxygen atoms in total. The molecule has 2 aromatic carbocycles. The van der Waals surface area contributed by atoms with E-state index in [1.807, 2.05) is 42.5 Å². The van der Waals surface area contributed by atoms with Crippen LogP contribution in [0.25, 0.3) is 5.57 Å². The Hall–Kier alpha value is -2.50. The van der Waals surface area contributed by atoms with Gasteiger partial charge in [0, 0.05) is 25.3 Å². The maximum absolute atomic E-state index is 5.70. The van der Waals surface area contributed by atoms with Gasteiger partial charge in [0.15, 0.2) is 25.1 Å². The molecule has 0 fully saturated rings. The lowest BCUT2D eigenvalue weighted by molar-refractivity contribution is 0.0489. The minimum absolute atomic E-state index is 0.114. The molecule has 2 aromatic rings. The molecule has 0 spiro atoms. The van der Waals surface area contributed by atoms with Crippen molar-refractivity contribution in [3.63, 3.8) is 0 Å². The SMILES string of the molecule is C=C(c1ccccc1OCOC)c1cccc(OC)c1OCOC. The highest BCUT2D eigenvalue weighted by Crippen LogP contribution is 2.39. The van der Waals surface area contributed by atoms with Crippen LogP contribution in [0.4, 0.5) is 0 Å². The zero-order chi connectivity index (χ0) is 17.4. The van der Waals surface area contributed by atoms with E-state index in [0.29, 0.717) is 17.2 Å². The lowest BCUT2D eigenvalue weighted by Crippen LogP contribution is -2.05. The number of benzene rings is 2. The fraction of sp³-hybridized carbons (Fsp3) is 0.263. The van der Waals surface area contributed by atoms with Crippen LogP contribution < -0.4 is 14.2 Å². The van der Waals surface area contributed by atoms with Gasteiger partial charge >= 0.3 is 0 Å². The summed E-state index contributed by atoms with van der Waals surface area (Å²) in [6.45, 7) is 4.49. The second-order valence-electron chi connectivity index (χ2n) is 4.91. The van der Waals surface area contributed by atoms with Crippen LogP contribution >= 0.6 is 0 Å². The minimum Gasteiger partial charge on any atom is -0.493 e. The van der Waals surface area contributed by atoms with E-state index in [2.05, 4.69) is 6.58 Å². The van der Waals surface area contributed by atoms with Crippen LogP contribution in [-0.2, 0) is 9.47 Å². The van der Waals surface area contributed by atoms with Crippen molar-refractivity contribution < 1.29 is 23.7 Å². The highest BCUT2D eigenvalue weighted by molar-refractivity contribution is 5.85. The summed E-state index contributed by atoms with van der Waals surface area (Å²) in [6, 6.07) is 13.3. The van der Waals surface area contributed by atoms with Gasteiger partial charge in [-0.1, -0.05) is 36.9 Å². The first kappa shape index (κ1) is 17.8. The molecule has 0 heterocycles. The quantitative estimate of drug-likeness (QED) is 0.656.